The number of carbonyl (C=O) groups excluding carboxylic acids is 1. The van der Waals surface area contributed by atoms with Gasteiger partial charge in [0.05, 0.1) is 0 Å². The fourth-order valence-electron chi connectivity index (χ4n) is 3.12. The molecular weight excluding hydrogens is 258 g/mol. The van der Waals surface area contributed by atoms with Gasteiger partial charge in [-0.25, -0.2) is 4.79 Å². The van der Waals surface area contributed by atoms with Crippen LogP contribution in [-0.4, -0.2) is 40.8 Å². The number of amides is 1. The van der Waals surface area contributed by atoms with Crippen LogP contribution in [0.2, 0.25) is 0 Å². The summed E-state index contributed by atoms with van der Waals surface area (Å²) < 4.78 is 5.41. The minimum absolute atomic E-state index is 0.189. The Morgan fingerprint density at radius 1 is 1.30 bits per heavy atom. The smallest absolute Gasteiger partial charge is 0.410 e. The molecule has 20 heavy (non-hydrogen) atoms. The number of hydrogen-bond donors (Lipinski definition) is 1. The Bertz CT molecular complexity index is 395. The zero-order valence-electron chi connectivity index (χ0n) is 12.6. The maximum Gasteiger partial charge on any atom is 0.410 e. The molecule has 1 amide bonds. The van der Waals surface area contributed by atoms with E-state index in [0.717, 1.165) is 13.0 Å². The van der Waals surface area contributed by atoms with Gasteiger partial charge < -0.3 is 14.7 Å². The first-order chi connectivity index (χ1) is 9.22. The van der Waals surface area contributed by atoms with E-state index >= 15 is 0 Å². The summed E-state index contributed by atoms with van der Waals surface area (Å²) in [7, 11) is 0. The van der Waals surface area contributed by atoms with Crippen LogP contribution in [0.5, 0.6) is 0 Å². The molecule has 1 heterocycles. The normalized spacial score (nSPS) is 24.6. The predicted octanol–water partition coefficient (Wildman–Crippen LogP) is 2.89. The van der Waals surface area contributed by atoms with Crippen molar-refractivity contribution >= 4 is 12.1 Å². The van der Waals surface area contributed by atoms with Gasteiger partial charge in [0.15, 0.2) is 0 Å². The number of carboxylic acids is 1. The van der Waals surface area contributed by atoms with Gasteiger partial charge >= 0.3 is 12.1 Å². The van der Waals surface area contributed by atoms with Gasteiger partial charge in [0, 0.05) is 19.5 Å². The number of carbonyl (C=O) groups is 2. The van der Waals surface area contributed by atoms with Crippen LogP contribution < -0.4 is 0 Å². The van der Waals surface area contributed by atoms with Crippen molar-refractivity contribution in [1.29, 1.82) is 0 Å². The summed E-state index contributed by atoms with van der Waals surface area (Å²) in [6.45, 7) is 6.96. The molecule has 0 aromatic rings. The van der Waals surface area contributed by atoms with E-state index in [2.05, 4.69) is 0 Å². The second kappa shape index (κ2) is 5.26. The molecule has 1 aliphatic carbocycles. The third kappa shape index (κ3) is 3.64. The average molecular weight is 283 g/mol. The molecular formula is C15H25NO4. The Morgan fingerprint density at radius 2 is 1.95 bits per heavy atom. The summed E-state index contributed by atoms with van der Waals surface area (Å²) in [4.78, 5) is 24.6. The first-order valence-corrected chi connectivity index (χ1v) is 7.42. The lowest BCUT2D eigenvalue weighted by atomic mass is 9.79. The Morgan fingerprint density at radius 3 is 2.45 bits per heavy atom. The van der Waals surface area contributed by atoms with E-state index in [9.17, 15) is 9.59 Å². The van der Waals surface area contributed by atoms with Crippen molar-refractivity contribution in [3.63, 3.8) is 0 Å². The lowest BCUT2D eigenvalue weighted by Gasteiger charge is -2.39. The molecule has 5 heteroatoms. The van der Waals surface area contributed by atoms with E-state index < -0.39 is 11.6 Å². The van der Waals surface area contributed by atoms with Crippen LogP contribution in [0.1, 0.15) is 52.9 Å². The molecule has 1 saturated carbocycles. The van der Waals surface area contributed by atoms with Gasteiger partial charge in [0.2, 0.25) is 0 Å². The molecule has 5 nitrogen and oxygen atoms in total. The number of hydrogen-bond acceptors (Lipinski definition) is 3. The fraction of sp³-hybridized carbons (Fsp3) is 0.867. The number of carboxylic acid groups (broad SMARTS) is 1. The molecule has 2 aliphatic rings. The summed E-state index contributed by atoms with van der Waals surface area (Å²) >= 11 is 0. The SMILES string of the molecule is CC(C)(C)OC(=O)N1CCC2(CC2)C(CCC(=O)O)C1. The molecule has 1 N–H and O–H groups in total. The summed E-state index contributed by atoms with van der Waals surface area (Å²) in [5.74, 6) is -0.449. The maximum absolute atomic E-state index is 12.1. The molecule has 0 aromatic heterocycles. The summed E-state index contributed by atoms with van der Waals surface area (Å²) in [6, 6.07) is 0. The Labute approximate surface area is 120 Å². The van der Waals surface area contributed by atoms with Gasteiger partial charge in [-0.3, -0.25) is 4.79 Å². The monoisotopic (exact) mass is 283 g/mol. The van der Waals surface area contributed by atoms with Crippen LogP contribution in [0.25, 0.3) is 0 Å². The van der Waals surface area contributed by atoms with Gasteiger partial charge in [-0.15, -0.1) is 0 Å². The van der Waals surface area contributed by atoms with E-state index in [1.165, 1.54) is 12.8 Å². The topological polar surface area (TPSA) is 66.8 Å². The molecule has 0 aromatic carbocycles. The molecule has 2 rings (SSSR count). The van der Waals surface area contributed by atoms with E-state index in [-0.39, 0.29) is 12.5 Å². The summed E-state index contributed by atoms with van der Waals surface area (Å²) in [5, 5.41) is 8.86. The molecule has 1 unspecified atom stereocenters. The van der Waals surface area contributed by atoms with E-state index in [1.54, 1.807) is 4.90 Å². The molecule has 1 spiro atoms. The Kier molecular flexibility index (Phi) is 3.98. The van der Waals surface area contributed by atoms with Crippen molar-refractivity contribution in [3.8, 4) is 0 Å². The van der Waals surface area contributed by atoms with Crippen molar-refractivity contribution < 1.29 is 19.4 Å². The summed E-state index contributed by atoms with van der Waals surface area (Å²) in [5.41, 5.74) is -0.170. The second-order valence-electron chi connectivity index (χ2n) is 7.17. The highest BCUT2D eigenvalue weighted by Crippen LogP contribution is 2.58. The zero-order chi connectivity index (χ0) is 15.0. The van der Waals surface area contributed by atoms with Crippen LogP contribution in [-0.2, 0) is 9.53 Å². The highest BCUT2D eigenvalue weighted by molar-refractivity contribution is 5.68. The predicted molar refractivity (Wildman–Crippen MR) is 74.5 cm³/mol. The molecule has 1 aliphatic heterocycles. The van der Waals surface area contributed by atoms with Gasteiger partial charge in [-0.05, 0) is 57.8 Å². The van der Waals surface area contributed by atoms with Gasteiger partial charge in [0.25, 0.3) is 0 Å². The molecule has 1 saturated heterocycles. The fourth-order valence-corrected chi connectivity index (χ4v) is 3.12. The lowest BCUT2D eigenvalue weighted by molar-refractivity contribution is -0.137. The quantitative estimate of drug-likeness (QED) is 0.864. The lowest BCUT2D eigenvalue weighted by Crippen LogP contribution is -2.46. The first-order valence-electron chi connectivity index (χ1n) is 7.42. The third-order valence-electron chi connectivity index (χ3n) is 4.44. The number of nitrogens with zero attached hydrogens (tertiary/aromatic N) is 1. The average Bonchev–Trinajstić information content (AvgIpc) is 3.06. The van der Waals surface area contributed by atoms with Crippen molar-refractivity contribution in [3.05, 3.63) is 0 Å². The maximum atomic E-state index is 12.1. The number of rotatable bonds is 3. The highest BCUT2D eigenvalue weighted by atomic mass is 16.6. The minimum Gasteiger partial charge on any atom is -0.481 e. The van der Waals surface area contributed by atoms with E-state index in [1.807, 2.05) is 20.8 Å². The second-order valence-corrected chi connectivity index (χ2v) is 7.17. The van der Waals surface area contributed by atoms with Crippen LogP contribution in [0.3, 0.4) is 0 Å². The summed E-state index contributed by atoms with van der Waals surface area (Å²) in [6.07, 6.45) is 3.92. The van der Waals surface area contributed by atoms with Crippen LogP contribution in [0.15, 0.2) is 0 Å². The Balaban J connectivity index is 1.94. The molecule has 1 atom stereocenters. The van der Waals surface area contributed by atoms with Crippen molar-refractivity contribution in [1.82, 2.24) is 4.90 Å². The van der Waals surface area contributed by atoms with Crippen LogP contribution in [0, 0.1) is 11.3 Å². The van der Waals surface area contributed by atoms with Crippen molar-refractivity contribution in [2.75, 3.05) is 13.1 Å². The van der Waals surface area contributed by atoms with Gasteiger partial charge in [-0.1, -0.05) is 0 Å². The molecule has 2 fully saturated rings. The standard InChI is InChI=1S/C15H25NO4/c1-14(2,3)20-13(19)16-9-8-15(6-7-15)11(10-16)4-5-12(17)18/h11H,4-10H2,1-3H3,(H,17,18). The number of piperidine rings is 1. The molecule has 0 bridgehead atoms. The van der Waals surface area contributed by atoms with E-state index in [0.29, 0.717) is 24.3 Å². The number of likely N-dealkylation sites (tertiary alicyclic amines) is 1. The largest absolute Gasteiger partial charge is 0.481 e. The third-order valence-corrected chi connectivity index (χ3v) is 4.44. The van der Waals surface area contributed by atoms with Crippen LogP contribution >= 0.6 is 0 Å². The molecule has 0 radical (unpaired) electrons. The van der Waals surface area contributed by atoms with Crippen LogP contribution in [0.4, 0.5) is 4.79 Å². The zero-order valence-corrected chi connectivity index (χ0v) is 12.6. The number of aliphatic carboxylic acids is 1. The van der Waals surface area contributed by atoms with Gasteiger partial charge in [0.1, 0.15) is 5.60 Å². The highest BCUT2D eigenvalue weighted by Gasteiger charge is 2.52. The first kappa shape index (κ1) is 15.1. The van der Waals surface area contributed by atoms with Crippen molar-refractivity contribution in [2.24, 2.45) is 11.3 Å². The Hall–Kier alpha value is -1.26. The molecule has 114 valence electrons. The van der Waals surface area contributed by atoms with E-state index in [4.69, 9.17) is 9.84 Å². The van der Waals surface area contributed by atoms with Crippen molar-refractivity contribution in [2.45, 2.75) is 58.5 Å². The number of ether oxygens (including phenoxy) is 1. The minimum atomic E-state index is -0.754. The van der Waals surface area contributed by atoms with Gasteiger partial charge in [-0.2, -0.15) is 0 Å².